The maximum Gasteiger partial charge on any atom is 0.239 e. The largest absolute Gasteiger partial charge is 0.256 e. The summed E-state index contributed by atoms with van der Waals surface area (Å²) in [6.07, 6.45) is 4.58. The standard InChI is InChI=1S/C32H24N5/c1-21-14-15-23(31-25(21)9-6-17-33-31)19-22-7-5-13-30-26(22)16-18-34-37(30)20-24-8-4-12-29-32(24)36-28-11-3-2-10-27(28)35-29/h2-18H,19-20H2,1H3/q+1. The van der Waals surface area contributed by atoms with Crippen molar-refractivity contribution in [2.45, 2.75) is 19.9 Å². The molecule has 0 aliphatic carbocycles. The van der Waals surface area contributed by atoms with E-state index in [-0.39, 0.29) is 0 Å². The minimum absolute atomic E-state index is 0.611. The topological polar surface area (TPSA) is 55.4 Å². The zero-order chi connectivity index (χ0) is 24.8. The molecule has 0 aliphatic rings. The van der Waals surface area contributed by atoms with Gasteiger partial charge in [0, 0.05) is 29.6 Å². The number of aromatic nitrogens is 5. The molecule has 0 fully saturated rings. The molecule has 0 atom stereocenters. The van der Waals surface area contributed by atoms with Gasteiger partial charge in [-0.1, -0.05) is 59.3 Å². The van der Waals surface area contributed by atoms with Crippen molar-refractivity contribution in [3.63, 3.8) is 0 Å². The Bertz CT molecular complexity index is 1960. The second-order valence-corrected chi connectivity index (χ2v) is 9.45. The molecule has 3 aromatic heterocycles. The van der Waals surface area contributed by atoms with Gasteiger partial charge in [-0.3, -0.25) is 4.98 Å². The Labute approximate surface area is 214 Å². The van der Waals surface area contributed by atoms with Crippen molar-refractivity contribution in [1.29, 1.82) is 0 Å². The number of hydrogen-bond acceptors (Lipinski definition) is 4. The average molecular weight is 479 g/mol. The van der Waals surface area contributed by atoms with Crippen molar-refractivity contribution in [1.82, 2.24) is 20.1 Å². The predicted molar refractivity (Wildman–Crippen MR) is 147 cm³/mol. The van der Waals surface area contributed by atoms with E-state index in [1.807, 2.05) is 54.9 Å². The van der Waals surface area contributed by atoms with E-state index in [2.05, 4.69) is 60.1 Å². The number of pyridine rings is 1. The third-order valence-electron chi connectivity index (χ3n) is 7.12. The quantitative estimate of drug-likeness (QED) is 0.226. The first-order valence-electron chi connectivity index (χ1n) is 12.5. The van der Waals surface area contributed by atoms with Crippen LogP contribution in [-0.2, 0) is 13.0 Å². The summed E-state index contributed by atoms with van der Waals surface area (Å²) >= 11 is 0. The van der Waals surface area contributed by atoms with E-state index in [4.69, 9.17) is 20.1 Å². The van der Waals surface area contributed by atoms with Gasteiger partial charge in [0.05, 0.1) is 39.2 Å². The Morgan fingerprint density at radius 2 is 1.41 bits per heavy atom. The number of rotatable bonds is 4. The fourth-order valence-electron chi connectivity index (χ4n) is 5.26. The van der Waals surface area contributed by atoms with Crippen molar-refractivity contribution in [2.24, 2.45) is 0 Å². The summed E-state index contributed by atoms with van der Waals surface area (Å²) in [6, 6.07) is 31.3. The molecule has 37 heavy (non-hydrogen) atoms. The minimum Gasteiger partial charge on any atom is -0.256 e. The second kappa shape index (κ2) is 8.71. The molecule has 7 rings (SSSR count). The first kappa shape index (κ1) is 21.5. The summed E-state index contributed by atoms with van der Waals surface area (Å²) in [5.41, 5.74) is 10.6. The zero-order valence-corrected chi connectivity index (χ0v) is 20.5. The summed E-state index contributed by atoms with van der Waals surface area (Å²) in [4.78, 5) is 14.5. The lowest BCUT2D eigenvalue weighted by atomic mass is 9.97. The Morgan fingerprint density at radius 3 is 2.32 bits per heavy atom. The van der Waals surface area contributed by atoms with E-state index in [9.17, 15) is 0 Å². The highest BCUT2D eigenvalue weighted by Crippen LogP contribution is 2.26. The number of fused-ring (bicyclic) bond motifs is 4. The number of nitrogens with zero attached hydrogens (tertiary/aromatic N) is 5. The van der Waals surface area contributed by atoms with Crippen LogP contribution in [0.1, 0.15) is 22.3 Å². The molecular formula is C32H24N5+. The minimum atomic E-state index is 0.611. The van der Waals surface area contributed by atoms with Crippen LogP contribution in [0, 0.1) is 6.92 Å². The normalized spacial score (nSPS) is 11.6. The van der Waals surface area contributed by atoms with Gasteiger partial charge in [0.2, 0.25) is 12.1 Å². The first-order valence-corrected chi connectivity index (χ1v) is 12.5. The molecule has 0 radical (unpaired) electrons. The van der Waals surface area contributed by atoms with Gasteiger partial charge in [0.15, 0.2) is 0 Å². The molecule has 0 saturated heterocycles. The lowest BCUT2D eigenvalue weighted by Crippen LogP contribution is -2.39. The van der Waals surface area contributed by atoms with Crippen LogP contribution in [0.5, 0.6) is 0 Å². The smallest absolute Gasteiger partial charge is 0.239 e. The summed E-state index contributed by atoms with van der Waals surface area (Å²) in [7, 11) is 0. The van der Waals surface area contributed by atoms with Crippen molar-refractivity contribution in [3.8, 4) is 0 Å². The van der Waals surface area contributed by atoms with E-state index in [1.54, 1.807) is 0 Å². The molecule has 7 aromatic rings. The van der Waals surface area contributed by atoms with Crippen LogP contribution >= 0.6 is 0 Å². The van der Waals surface area contributed by atoms with E-state index in [1.165, 1.54) is 27.5 Å². The van der Waals surface area contributed by atoms with Crippen LogP contribution in [-0.4, -0.2) is 20.1 Å². The number of hydrogen-bond donors (Lipinski definition) is 0. The van der Waals surface area contributed by atoms with Crippen LogP contribution in [0.3, 0.4) is 0 Å². The molecule has 5 heteroatoms. The molecule has 4 aromatic carbocycles. The third-order valence-corrected chi connectivity index (χ3v) is 7.12. The zero-order valence-electron chi connectivity index (χ0n) is 20.5. The summed E-state index contributed by atoms with van der Waals surface area (Å²) in [6.45, 7) is 2.75. The molecule has 0 N–H and O–H groups in total. The van der Waals surface area contributed by atoms with Crippen molar-refractivity contribution < 1.29 is 4.68 Å². The fourth-order valence-corrected chi connectivity index (χ4v) is 5.26. The fraction of sp³-hybridized carbons (Fsp3) is 0.0938. The van der Waals surface area contributed by atoms with Gasteiger partial charge in [-0.05, 0) is 59.0 Å². The monoisotopic (exact) mass is 478 g/mol. The van der Waals surface area contributed by atoms with Crippen molar-refractivity contribution in [3.05, 3.63) is 126 Å². The van der Waals surface area contributed by atoms with Crippen LogP contribution in [0.25, 0.3) is 43.9 Å². The third kappa shape index (κ3) is 3.76. The van der Waals surface area contributed by atoms with Crippen LogP contribution in [0.15, 0.2) is 103 Å². The van der Waals surface area contributed by atoms with Crippen LogP contribution in [0.2, 0.25) is 0 Å². The predicted octanol–water partition coefficient (Wildman–Crippen LogP) is 6.11. The number of para-hydroxylation sites is 3. The van der Waals surface area contributed by atoms with E-state index in [0.717, 1.165) is 45.1 Å². The molecule has 0 amide bonds. The SMILES string of the molecule is Cc1ccc(Cc2cccc3c2ccn[n+]3Cc2cccc3nc4ccccc4nc23)c2ncccc12. The Morgan fingerprint density at radius 1 is 0.595 bits per heavy atom. The molecule has 0 unspecified atom stereocenters. The summed E-state index contributed by atoms with van der Waals surface area (Å²) in [5, 5.41) is 7.14. The lowest BCUT2D eigenvalue weighted by molar-refractivity contribution is -0.721. The summed E-state index contributed by atoms with van der Waals surface area (Å²) in [5.74, 6) is 0. The molecule has 176 valence electrons. The van der Waals surface area contributed by atoms with Gasteiger partial charge < -0.3 is 0 Å². The van der Waals surface area contributed by atoms with E-state index >= 15 is 0 Å². The van der Waals surface area contributed by atoms with Gasteiger partial charge in [0.1, 0.15) is 0 Å². The van der Waals surface area contributed by atoms with Crippen LogP contribution in [0.4, 0.5) is 0 Å². The molecule has 3 heterocycles. The van der Waals surface area contributed by atoms with Gasteiger partial charge in [-0.15, -0.1) is 0 Å². The second-order valence-electron chi connectivity index (χ2n) is 9.45. The average Bonchev–Trinajstić information content (AvgIpc) is 2.94. The molecule has 0 spiro atoms. The molecule has 0 saturated carbocycles. The Balaban J connectivity index is 1.32. The van der Waals surface area contributed by atoms with Gasteiger partial charge in [0.25, 0.3) is 0 Å². The highest BCUT2D eigenvalue weighted by molar-refractivity contribution is 5.88. The van der Waals surface area contributed by atoms with E-state index < -0.39 is 0 Å². The Kier molecular flexibility index (Phi) is 5.07. The molecule has 5 nitrogen and oxygen atoms in total. The lowest BCUT2D eigenvalue weighted by Gasteiger charge is -2.10. The molecular weight excluding hydrogens is 454 g/mol. The molecule has 0 aliphatic heterocycles. The van der Waals surface area contributed by atoms with Crippen molar-refractivity contribution >= 4 is 43.9 Å². The van der Waals surface area contributed by atoms with Crippen molar-refractivity contribution in [2.75, 3.05) is 0 Å². The first-order chi connectivity index (χ1) is 18.2. The summed E-state index contributed by atoms with van der Waals surface area (Å²) < 4.78 is 2.07. The van der Waals surface area contributed by atoms with Crippen LogP contribution < -0.4 is 4.68 Å². The number of benzene rings is 4. The number of aryl methyl sites for hydroxylation is 1. The Hall–Kier alpha value is -4.77. The maximum atomic E-state index is 4.95. The molecule has 0 bridgehead atoms. The maximum absolute atomic E-state index is 4.95. The highest BCUT2D eigenvalue weighted by atomic mass is 15.3. The highest BCUT2D eigenvalue weighted by Gasteiger charge is 2.17. The van der Waals surface area contributed by atoms with Gasteiger partial charge >= 0.3 is 0 Å². The van der Waals surface area contributed by atoms with Gasteiger partial charge in [-0.25, -0.2) is 9.97 Å². The van der Waals surface area contributed by atoms with Gasteiger partial charge in [-0.2, -0.15) is 0 Å². The van der Waals surface area contributed by atoms with E-state index in [0.29, 0.717) is 6.54 Å².